The van der Waals surface area contributed by atoms with E-state index in [1.807, 2.05) is 24.3 Å². The number of ether oxygens (including phenoxy) is 2. The van der Waals surface area contributed by atoms with Crippen LogP contribution in [-0.2, 0) is 22.0 Å². The van der Waals surface area contributed by atoms with Crippen LogP contribution in [0.4, 0.5) is 0 Å². The van der Waals surface area contributed by atoms with Crippen LogP contribution < -0.4 is 4.74 Å². The predicted molar refractivity (Wildman–Crippen MR) is 109 cm³/mol. The molecule has 0 fully saturated rings. The summed E-state index contributed by atoms with van der Waals surface area (Å²) in [7, 11) is 3.14. The highest BCUT2D eigenvalue weighted by molar-refractivity contribution is 5.89. The molecule has 1 aliphatic rings. The van der Waals surface area contributed by atoms with Gasteiger partial charge in [-0.2, -0.15) is 0 Å². The van der Waals surface area contributed by atoms with E-state index in [-0.39, 0.29) is 16.8 Å². The van der Waals surface area contributed by atoms with Crippen LogP contribution in [0.15, 0.2) is 36.4 Å². The summed E-state index contributed by atoms with van der Waals surface area (Å²) in [5.74, 6) is 0.633. The second-order valence-electron chi connectivity index (χ2n) is 8.84. The van der Waals surface area contributed by atoms with Gasteiger partial charge in [-0.25, -0.2) is 4.79 Å². The van der Waals surface area contributed by atoms with Crippen molar-refractivity contribution in [3.63, 3.8) is 0 Å². The van der Waals surface area contributed by atoms with Gasteiger partial charge in [-0.3, -0.25) is 0 Å². The molecule has 0 aliphatic heterocycles. The van der Waals surface area contributed by atoms with Gasteiger partial charge in [0.05, 0.1) is 19.8 Å². The van der Waals surface area contributed by atoms with Gasteiger partial charge in [0.1, 0.15) is 5.75 Å². The lowest BCUT2D eigenvalue weighted by Crippen LogP contribution is -2.34. The minimum Gasteiger partial charge on any atom is -0.496 e. The monoisotopic (exact) mass is 366 g/mol. The first-order valence-corrected chi connectivity index (χ1v) is 9.57. The zero-order valence-corrected chi connectivity index (χ0v) is 17.3. The number of hydrogen-bond donors (Lipinski definition) is 0. The lowest BCUT2D eigenvalue weighted by Gasteiger charge is -2.42. The predicted octanol–water partition coefficient (Wildman–Crippen LogP) is 5.42. The molecule has 3 nitrogen and oxygen atoms in total. The average Bonchev–Trinajstić information content (AvgIpc) is 2.65. The number of methoxy groups -OCH3 is 2. The van der Waals surface area contributed by atoms with E-state index in [1.165, 1.54) is 36.6 Å². The van der Waals surface area contributed by atoms with Gasteiger partial charge in [0.2, 0.25) is 0 Å². The third-order valence-corrected chi connectivity index (χ3v) is 6.02. The number of hydrogen-bond acceptors (Lipinski definition) is 3. The molecule has 0 atom stereocenters. The Morgan fingerprint density at radius 3 is 2.00 bits per heavy atom. The van der Waals surface area contributed by atoms with E-state index in [0.29, 0.717) is 5.56 Å². The van der Waals surface area contributed by atoms with E-state index in [1.54, 1.807) is 7.11 Å². The van der Waals surface area contributed by atoms with E-state index in [2.05, 4.69) is 39.8 Å². The molecule has 0 saturated heterocycles. The van der Waals surface area contributed by atoms with Gasteiger partial charge >= 0.3 is 5.97 Å². The molecule has 0 radical (unpaired) electrons. The first kappa shape index (κ1) is 19.5. The van der Waals surface area contributed by atoms with E-state index in [4.69, 9.17) is 9.47 Å². The third-order valence-electron chi connectivity index (χ3n) is 6.02. The van der Waals surface area contributed by atoms with E-state index >= 15 is 0 Å². The van der Waals surface area contributed by atoms with Crippen LogP contribution in [0.25, 0.3) is 0 Å². The minimum absolute atomic E-state index is 0.166. The smallest absolute Gasteiger partial charge is 0.337 e. The van der Waals surface area contributed by atoms with Crippen LogP contribution >= 0.6 is 0 Å². The Hall–Kier alpha value is -2.29. The quantitative estimate of drug-likeness (QED) is 0.678. The Morgan fingerprint density at radius 2 is 1.48 bits per heavy atom. The second kappa shape index (κ2) is 7.03. The molecule has 0 bridgehead atoms. The number of carbonyl (C=O) groups is 1. The molecule has 0 amide bonds. The van der Waals surface area contributed by atoms with Crippen molar-refractivity contribution >= 4 is 5.97 Å². The summed E-state index contributed by atoms with van der Waals surface area (Å²) < 4.78 is 10.5. The molecule has 0 N–H and O–H groups in total. The van der Waals surface area contributed by atoms with Crippen LogP contribution in [0, 0.1) is 0 Å². The molecule has 0 saturated carbocycles. The summed E-state index contributed by atoms with van der Waals surface area (Å²) in [4.78, 5) is 11.6. The first-order chi connectivity index (χ1) is 12.7. The van der Waals surface area contributed by atoms with Crippen molar-refractivity contribution in [2.75, 3.05) is 14.2 Å². The standard InChI is InChI=1S/C24H30O3/c1-23(2)11-12-24(3,4)20-15-21(26-5)18(14-19(20)23)13-16-7-9-17(10-8-16)22(25)27-6/h7-10,14-15H,11-13H2,1-6H3. The second-order valence-corrected chi connectivity index (χ2v) is 8.84. The maximum absolute atomic E-state index is 11.6. The van der Waals surface area contributed by atoms with Gasteiger partial charge < -0.3 is 9.47 Å². The fraction of sp³-hybridized carbons (Fsp3) is 0.458. The van der Waals surface area contributed by atoms with Gasteiger partial charge in [-0.1, -0.05) is 45.9 Å². The maximum Gasteiger partial charge on any atom is 0.337 e. The molecule has 144 valence electrons. The number of benzene rings is 2. The molecule has 2 aromatic carbocycles. The van der Waals surface area contributed by atoms with Crippen molar-refractivity contribution in [2.24, 2.45) is 0 Å². The van der Waals surface area contributed by atoms with Gasteiger partial charge in [0.15, 0.2) is 0 Å². The number of rotatable bonds is 4. The topological polar surface area (TPSA) is 35.5 Å². The molecular formula is C24H30O3. The van der Waals surface area contributed by atoms with Crippen molar-refractivity contribution in [3.05, 3.63) is 64.2 Å². The zero-order chi connectivity index (χ0) is 19.8. The summed E-state index contributed by atoms with van der Waals surface area (Å²) in [6, 6.07) is 12.2. The van der Waals surface area contributed by atoms with Crippen LogP contribution in [0.5, 0.6) is 5.75 Å². The van der Waals surface area contributed by atoms with Crippen LogP contribution in [0.2, 0.25) is 0 Å². The third kappa shape index (κ3) is 3.73. The molecule has 0 spiro atoms. The molecule has 0 aromatic heterocycles. The summed E-state index contributed by atoms with van der Waals surface area (Å²) in [6.07, 6.45) is 3.14. The summed E-state index contributed by atoms with van der Waals surface area (Å²) in [5.41, 5.74) is 6.07. The molecule has 3 rings (SSSR count). The summed E-state index contributed by atoms with van der Waals surface area (Å²) >= 11 is 0. The van der Waals surface area contributed by atoms with Crippen LogP contribution in [0.1, 0.15) is 73.1 Å². The first-order valence-electron chi connectivity index (χ1n) is 9.57. The highest BCUT2D eigenvalue weighted by Crippen LogP contribution is 2.47. The highest BCUT2D eigenvalue weighted by Gasteiger charge is 2.37. The van der Waals surface area contributed by atoms with Gasteiger partial charge in [-0.05, 0) is 64.1 Å². The largest absolute Gasteiger partial charge is 0.496 e. The Morgan fingerprint density at radius 1 is 0.926 bits per heavy atom. The Balaban J connectivity index is 2.00. The van der Waals surface area contributed by atoms with Crippen LogP contribution in [-0.4, -0.2) is 20.2 Å². The van der Waals surface area contributed by atoms with Crippen molar-refractivity contribution in [1.82, 2.24) is 0 Å². The number of esters is 1. The van der Waals surface area contributed by atoms with Gasteiger partial charge in [0, 0.05) is 6.42 Å². The van der Waals surface area contributed by atoms with Crippen molar-refractivity contribution in [2.45, 2.75) is 57.8 Å². The minimum atomic E-state index is -0.308. The van der Waals surface area contributed by atoms with Gasteiger partial charge in [0.25, 0.3) is 0 Å². The maximum atomic E-state index is 11.6. The molecule has 3 heteroatoms. The molecule has 0 unspecified atom stereocenters. The number of fused-ring (bicyclic) bond motifs is 1. The molecule has 0 heterocycles. The summed E-state index contributed by atoms with van der Waals surface area (Å²) in [6.45, 7) is 9.32. The lowest BCUT2D eigenvalue weighted by molar-refractivity contribution is 0.0600. The Labute approximate surface area is 162 Å². The summed E-state index contributed by atoms with van der Waals surface area (Å²) in [5, 5.41) is 0. The average molecular weight is 367 g/mol. The normalized spacial score (nSPS) is 17.1. The molecular weight excluding hydrogens is 336 g/mol. The van der Waals surface area contributed by atoms with E-state index < -0.39 is 0 Å². The van der Waals surface area contributed by atoms with Crippen molar-refractivity contribution in [1.29, 1.82) is 0 Å². The fourth-order valence-corrected chi connectivity index (χ4v) is 4.06. The van der Waals surface area contributed by atoms with E-state index in [0.717, 1.165) is 17.7 Å². The SMILES string of the molecule is COC(=O)c1ccc(Cc2cc3c(cc2OC)C(C)(C)CCC3(C)C)cc1. The van der Waals surface area contributed by atoms with Gasteiger partial charge in [-0.15, -0.1) is 0 Å². The van der Waals surface area contributed by atoms with Crippen molar-refractivity contribution in [3.8, 4) is 5.75 Å². The molecule has 1 aliphatic carbocycles. The van der Waals surface area contributed by atoms with E-state index in [9.17, 15) is 4.79 Å². The van der Waals surface area contributed by atoms with Crippen LogP contribution in [0.3, 0.4) is 0 Å². The zero-order valence-electron chi connectivity index (χ0n) is 17.3. The number of carbonyl (C=O) groups excluding carboxylic acids is 1. The lowest BCUT2D eigenvalue weighted by atomic mass is 9.63. The molecule has 2 aromatic rings. The highest BCUT2D eigenvalue weighted by atomic mass is 16.5. The van der Waals surface area contributed by atoms with Crippen molar-refractivity contribution < 1.29 is 14.3 Å². The Bertz CT molecular complexity index is 845. The Kier molecular flexibility index (Phi) is 5.07. The fourth-order valence-electron chi connectivity index (χ4n) is 4.06. The molecule has 27 heavy (non-hydrogen) atoms.